The van der Waals surface area contributed by atoms with Crippen molar-refractivity contribution < 1.29 is 9.53 Å². The summed E-state index contributed by atoms with van der Waals surface area (Å²) >= 11 is 2.03. The van der Waals surface area contributed by atoms with E-state index < -0.39 is 0 Å². The smallest absolute Gasteiger partial charge is 0.223 e. The lowest BCUT2D eigenvalue weighted by Gasteiger charge is -2.16. The Bertz CT molecular complexity index is 270. The van der Waals surface area contributed by atoms with E-state index in [-0.39, 0.29) is 17.9 Å². The molecule has 0 aromatic heterocycles. The molecule has 0 aromatic carbocycles. The van der Waals surface area contributed by atoms with Crippen molar-refractivity contribution >= 4 is 17.7 Å². The van der Waals surface area contributed by atoms with E-state index in [1.165, 1.54) is 30.8 Å². The van der Waals surface area contributed by atoms with Gasteiger partial charge in [0.25, 0.3) is 0 Å². The molecule has 0 aliphatic heterocycles. The van der Waals surface area contributed by atoms with E-state index in [1.807, 2.05) is 25.6 Å². The lowest BCUT2D eigenvalue weighted by Crippen LogP contribution is -2.35. The van der Waals surface area contributed by atoms with Crippen LogP contribution in [-0.2, 0) is 9.53 Å². The van der Waals surface area contributed by atoms with Crippen LogP contribution in [0.2, 0.25) is 0 Å². The molecule has 22 heavy (non-hydrogen) atoms. The fourth-order valence-corrected chi connectivity index (χ4v) is 3.27. The summed E-state index contributed by atoms with van der Waals surface area (Å²) in [6.45, 7) is 11.2. The highest BCUT2D eigenvalue weighted by Crippen LogP contribution is 2.15. The lowest BCUT2D eigenvalue weighted by molar-refractivity contribution is -0.125. The minimum absolute atomic E-state index is 0.195. The second kappa shape index (κ2) is 14.4. The van der Waals surface area contributed by atoms with Gasteiger partial charge in [0.15, 0.2) is 0 Å². The van der Waals surface area contributed by atoms with Crippen molar-refractivity contribution in [3.8, 4) is 0 Å². The van der Waals surface area contributed by atoms with Crippen molar-refractivity contribution in [1.82, 2.24) is 5.32 Å². The van der Waals surface area contributed by atoms with Crippen LogP contribution < -0.4 is 5.32 Å². The Kier molecular flexibility index (Phi) is 14.2. The molecule has 0 aliphatic rings. The summed E-state index contributed by atoms with van der Waals surface area (Å²) in [7, 11) is 0. The monoisotopic (exact) mass is 331 g/mol. The molecule has 0 saturated carbocycles. The maximum atomic E-state index is 12.0. The number of ether oxygens (including phenoxy) is 1. The molecule has 0 aliphatic carbocycles. The summed E-state index contributed by atoms with van der Waals surface area (Å²) in [4.78, 5) is 12.0. The summed E-state index contributed by atoms with van der Waals surface area (Å²) < 4.78 is 5.53. The van der Waals surface area contributed by atoms with Crippen molar-refractivity contribution in [2.24, 2.45) is 5.92 Å². The number of carbonyl (C=O) groups is 1. The zero-order valence-electron chi connectivity index (χ0n) is 15.3. The van der Waals surface area contributed by atoms with Gasteiger partial charge in [-0.05, 0) is 71.3 Å². The Hall–Kier alpha value is -0.220. The Balaban J connectivity index is 3.45. The first-order valence-corrected chi connectivity index (χ1v) is 10.1. The summed E-state index contributed by atoms with van der Waals surface area (Å²) in [5.41, 5.74) is 0. The maximum absolute atomic E-state index is 12.0. The molecule has 1 amide bonds. The van der Waals surface area contributed by atoms with Gasteiger partial charge < -0.3 is 10.1 Å². The molecular formula is C18H37NO2S. The van der Waals surface area contributed by atoms with Crippen LogP contribution >= 0.6 is 11.8 Å². The molecule has 132 valence electrons. The number of unbranched alkanes of at least 4 members (excludes halogenated alkanes) is 2. The van der Waals surface area contributed by atoms with Gasteiger partial charge in [-0.2, -0.15) is 11.8 Å². The van der Waals surface area contributed by atoms with Crippen molar-refractivity contribution in [1.29, 1.82) is 0 Å². The Morgan fingerprint density at radius 2 is 1.68 bits per heavy atom. The van der Waals surface area contributed by atoms with Crippen molar-refractivity contribution in [3.63, 3.8) is 0 Å². The predicted molar refractivity (Wildman–Crippen MR) is 98.6 cm³/mol. The van der Waals surface area contributed by atoms with Crippen LogP contribution in [0.25, 0.3) is 0 Å². The van der Waals surface area contributed by atoms with E-state index in [9.17, 15) is 4.79 Å². The van der Waals surface area contributed by atoms with Gasteiger partial charge >= 0.3 is 0 Å². The van der Waals surface area contributed by atoms with Crippen LogP contribution in [0, 0.1) is 5.92 Å². The fourth-order valence-electron chi connectivity index (χ4n) is 2.25. The standard InChI is InChI=1S/C18H37NO2S/c1-6-17(18(20)19-15(2)3)11-7-9-13-22-14-10-8-12-21-16(4)5/h15-17H,6-14H2,1-5H3,(H,19,20). The lowest BCUT2D eigenvalue weighted by atomic mass is 9.98. The predicted octanol–water partition coefficient (Wildman–Crippen LogP) is 4.65. The van der Waals surface area contributed by atoms with Gasteiger partial charge in [-0.1, -0.05) is 13.3 Å². The quantitative estimate of drug-likeness (QED) is 0.471. The van der Waals surface area contributed by atoms with Crippen molar-refractivity contribution in [2.75, 3.05) is 18.1 Å². The molecule has 3 nitrogen and oxygen atoms in total. The fraction of sp³-hybridized carbons (Fsp3) is 0.944. The highest BCUT2D eigenvalue weighted by Gasteiger charge is 2.16. The second-order valence-corrected chi connectivity index (χ2v) is 7.73. The normalized spacial score (nSPS) is 12.9. The Labute approximate surface area is 142 Å². The molecule has 1 N–H and O–H groups in total. The molecule has 0 fully saturated rings. The second-order valence-electron chi connectivity index (χ2n) is 6.50. The first-order valence-electron chi connectivity index (χ1n) is 8.97. The maximum Gasteiger partial charge on any atom is 0.223 e. The van der Waals surface area contributed by atoms with E-state index in [1.54, 1.807) is 0 Å². The van der Waals surface area contributed by atoms with Gasteiger partial charge in [0.05, 0.1) is 6.10 Å². The highest BCUT2D eigenvalue weighted by atomic mass is 32.2. The number of carbonyl (C=O) groups excluding carboxylic acids is 1. The zero-order valence-corrected chi connectivity index (χ0v) is 16.1. The molecule has 0 rings (SSSR count). The molecule has 4 heteroatoms. The number of rotatable bonds is 14. The average Bonchev–Trinajstić information content (AvgIpc) is 2.43. The Morgan fingerprint density at radius 1 is 1.05 bits per heavy atom. The third kappa shape index (κ3) is 13.4. The molecule has 1 atom stereocenters. The summed E-state index contributed by atoms with van der Waals surface area (Å²) in [5.74, 6) is 2.87. The van der Waals surface area contributed by atoms with E-state index in [0.717, 1.165) is 25.9 Å². The number of nitrogens with one attached hydrogen (secondary N) is 1. The SMILES string of the molecule is CCC(CCCCSCCCCOC(C)C)C(=O)NC(C)C. The number of amides is 1. The molecule has 0 heterocycles. The Morgan fingerprint density at radius 3 is 2.23 bits per heavy atom. The topological polar surface area (TPSA) is 38.3 Å². The van der Waals surface area contributed by atoms with Gasteiger partial charge in [0.1, 0.15) is 0 Å². The van der Waals surface area contributed by atoms with Crippen LogP contribution in [0.4, 0.5) is 0 Å². The summed E-state index contributed by atoms with van der Waals surface area (Å²) in [6, 6.07) is 0.247. The average molecular weight is 332 g/mol. The third-order valence-electron chi connectivity index (χ3n) is 3.52. The van der Waals surface area contributed by atoms with Crippen LogP contribution in [0.15, 0.2) is 0 Å². The first kappa shape index (κ1) is 21.8. The summed E-state index contributed by atoms with van der Waals surface area (Å²) in [6.07, 6.45) is 7.11. The molecular weight excluding hydrogens is 294 g/mol. The molecule has 0 bridgehead atoms. The van der Waals surface area contributed by atoms with Crippen molar-refractivity contribution in [2.45, 2.75) is 85.3 Å². The van der Waals surface area contributed by atoms with E-state index in [0.29, 0.717) is 6.10 Å². The molecule has 0 spiro atoms. The third-order valence-corrected chi connectivity index (χ3v) is 4.67. The summed E-state index contributed by atoms with van der Waals surface area (Å²) in [5, 5.41) is 3.03. The molecule has 0 aromatic rings. The largest absolute Gasteiger partial charge is 0.379 e. The number of thioether (sulfide) groups is 1. The van der Waals surface area contributed by atoms with Gasteiger partial charge in [-0.3, -0.25) is 4.79 Å². The van der Waals surface area contributed by atoms with Gasteiger partial charge in [-0.15, -0.1) is 0 Å². The van der Waals surface area contributed by atoms with Gasteiger partial charge in [-0.25, -0.2) is 0 Å². The molecule has 1 unspecified atom stereocenters. The first-order chi connectivity index (χ1) is 10.5. The van der Waals surface area contributed by atoms with Crippen molar-refractivity contribution in [3.05, 3.63) is 0 Å². The van der Waals surface area contributed by atoms with Gasteiger partial charge in [0, 0.05) is 18.6 Å². The molecule has 0 saturated heterocycles. The van der Waals surface area contributed by atoms with Crippen LogP contribution in [0.3, 0.4) is 0 Å². The molecule has 0 radical (unpaired) electrons. The van der Waals surface area contributed by atoms with E-state index in [2.05, 4.69) is 26.1 Å². The van der Waals surface area contributed by atoms with Crippen LogP contribution in [0.5, 0.6) is 0 Å². The zero-order chi connectivity index (χ0) is 16.8. The number of hydrogen-bond donors (Lipinski definition) is 1. The minimum atomic E-state index is 0.195. The minimum Gasteiger partial charge on any atom is -0.379 e. The van der Waals surface area contributed by atoms with E-state index >= 15 is 0 Å². The van der Waals surface area contributed by atoms with Crippen LogP contribution in [-0.4, -0.2) is 36.2 Å². The van der Waals surface area contributed by atoms with Crippen LogP contribution in [0.1, 0.15) is 73.1 Å². The highest BCUT2D eigenvalue weighted by molar-refractivity contribution is 7.99. The number of hydrogen-bond acceptors (Lipinski definition) is 3. The van der Waals surface area contributed by atoms with Gasteiger partial charge in [0.2, 0.25) is 5.91 Å². The van der Waals surface area contributed by atoms with E-state index in [4.69, 9.17) is 4.74 Å².